The van der Waals surface area contributed by atoms with Crippen molar-refractivity contribution in [3.05, 3.63) is 63.6 Å². The van der Waals surface area contributed by atoms with Crippen molar-refractivity contribution in [1.82, 2.24) is 0 Å². The van der Waals surface area contributed by atoms with Crippen LogP contribution in [0.3, 0.4) is 0 Å². The second-order valence-corrected chi connectivity index (χ2v) is 5.94. The quantitative estimate of drug-likeness (QED) is 0.623. The molecule has 0 saturated heterocycles. The van der Waals surface area contributed by atoms with Gasteiger partial charge in [0.15, 0.2) is 5.78 Å². The van der Waals surface area contributed by atoms with Crippen LogP contribution in [0.25, 0.3) is 0 Å². The van der Waals surface area contributed by atoms with E-state index in [4.69, 9.17) is 34.8 Å². The molecular formula is C15H8Cl3NO2. The number of amides is 1. The standard InChI is InChI=1S/C15H8Cl3NO2/c16-10-7-6-9-12(11(10)17)19-14(21)15(18,13(9)20)8-4-2-1-3-5-8/h1-7H,(H,19,21). The van der Waals surface area contributed by atoms with Gasteiger partial charge in [0.2, 0.25) is 4.87 Å². The molecule has 2 aromatic rings. The number of nitrogens with one attached hydrogen (secondary N) is 1. The Labute approximate surface area is 135 Å². The van der Waals surface area contributed by atoms with Crippen molar-refractivity contribution in [2.24, 2.45) is 0 Å². The zero-order valence-corrected chi connectivity index (χ0v) is 12.8. The third-order valence-electron chi connectivity index (χ3n) is 3.38. The number of ketones is 1. The number of hydrogen-bond donors (Lipinski definition) is 1. The molecule has 21 heavy (non-hydrogen) atoms. The van der Waals surface area contributed by atoms with Gasteiger partial charge in [-0.15, -0.1) is 0 Å². The summed E-state index contributed by atoms with van der Waals surface area (Å²) in [4.78, 5) is 23.3. The van der Waals surface area contributed by atoms with Gasteiger partial charge in [0.05, 0.1) is 15.7 Å². The normalized spacial score (nSPS) is 20.9. The number of alkyl halides is 1. The zero-order chi connectivity index (χ0) is 15.2. The molecule has 0 fully saturated rings. The van der Waals surface area contributed by atoms with Crippen molar-refractivity contribution in [2.75, 3.05) is 5.32 Å². The Balaban J connectivity index is 2.22. The Hall–Kier alpha value is -1.55. The summed E-state index contributed by atoms with van der Waals surface area (Å²) < 4.78 is 0. The number of carbonyl (C=O) groups is 2. The molecule has 3 nitrogen and oxygen atoms in total. The molecule has 0 bridgehead atoms. The second-order valence-electron chi connectivity index (χ2n) is 4.59. The van der Waals surface area contributed by atoms with Gasteiger partial charge >= 0.3 is 0 Å². The number of halogens is 3. The molecule has 3 rings (SSSR count). The van der Waals surface area contributed by atoms with Crippen LogP contribution in [0.1, 0.15) is 15.9 Å². The first-order valence-electron chi connectivity index (χ1n) is 6.05. The maximum Gasteiger partial charge on any atom is 0.258 e. The van der Waals surface area contributed by atoms with Crippen LogP contribution in [0.5, 0.6) is 0 Å². The van der Waals surface area contributed by atoms with Crippen molar-refractivity contribution >= 4 is 52.2 Å². The Morgan fingerprint density at radius 2 is 1.62 bits per heavy atom. The van der Waals surface area contributed by atoms with E-state index in [0.29, 0.717) is 5.56 Å². The van der Waals surface area contributed by atoms with E-state index in [1.165, 1.54) is 12.1 Å². The predicted molar refractivity (Wildman–Crippen MR) is 83.4 cm³/mol. The molecule has 1 aliphatic heterocycles. The monoisotopic (exact) mass is 339 g/mol. The molecule has 2 aromatic carbocycles. The number of benzene rings is 2. The van der Waals surface area contributed by atoms with Crippen LogP contribution in [-0.2, 0) is 9.67 Å². The zero-order valence-electron chi connectivity index (χ0n) is 10.5. The van der Waals surface area contributed by atoms with Gasteiger partial charge in [0, 0.05) is 5.56 Å². The summed E-state index contributed by atoms with van der Waals surface area (Å²) in [5.74, 6) is -1.16. The van der Waals surface area contributed by atoms with E-state index in [2.05, 4.69) is 5.32 Å². The first-order valence-corrected chi connectivity index (χ1v) is 7.18. The number of fused-ring (bicyclic) bond motifs is 1. The lowest BCUT2D eigenvalue weighted by molar-refractivity contribution is -0.117. The molecule has 1 N–H and O–H groups in total. The first kappa shape index (κ1) is 14.4. The summed E-state index contributed by atoms with van der Waals surface area (Å²) in [5, 5.41) is 2.96. The van der Waals surface area contributed by atoms with Gasteiger partial charge in [-0.3, -0.25) is 9.59 Å². The van der Waals surface area contributed by atoms with Crippen molar-refractivity contribution in [3.63, 3.8) is 0 Å². The molecule has 6 heteroatoms. The van der Waals surface area contributed by atoms with Gasteiger partial charge in [0.25, 0.3) is 5.91 Å². The predicted octanol–water partition coefficient (Wildman–Crippen LogP) is 4.26. The topological polar surface area (TPSA) is 46.2 Å². The van der Waals surface area contributed by atoms with Gasteiger partial charge in [-0.1, -0.05) is 65.1 Å². The van der Waals surface area contributed by atoms with Gasteiger partial charge in [-0.25, -0.2) is 0 Å². The highest BCUT2D eigenvalue weighted by molar-refractivity contribution is 6.53. The van der Waals surface area contributed by atoms with Crippen LogP contribution in [0.15, 0.2) is 42.5 Å². The first-order chi connectivity index (χ1) is 9.96. The van der Waals surface area contributed by atoms with Crippen molar-refractivity contribution < 1.29 is 9.59 Å². The number of Topliss-reactive ketones (excluding diaryl/α,β-unsaturated/α-hetero) is 1. The lowest BCUT2D eigenvalue weighted by Crippen LogP contribution is -2.46. The molecule has 1 aliphatic rings. The van der Waals surface area contributed by atoms with Gasteiger partial charge in [0.1, 0.15) is 0 Å². The Morgan fingerprint density at radius 1 is 0.952 bits per heavy atom. The number of hydrogen-bond acceptors (Lipinski definition) is 2. The molecule has 1 atom stereocenters. The largest absolute Gasteiger partial charge is 0.322 e. The van der Waals surface area contributed by atoms with Crippen molar-refractivity contribution in [1.29, 1.82) is 0 Å². The summed E-state index contributed by atoms with van der Waals surface area (Å²) in [5.41, 5.74) is 0.847. The number of anilines is 1. The highest BCUT2D eigenvalue weighted by Gasteiger charge is 2.50. The molecule has 0 saturated carbocycles. The van der Waals surface area contributed by atoms with Crippen LogP contribution in [-0.4, -0.2) is 11.7 Å². The summed E-state index contributed by atoms with van der Waals surface area (Å²) in [6.07, 6.45) is 0. The Kier molecular flexibility index (Phi) is 3.44. The van der Waals surface area contributed by atoms with E-state index < -0.39 is 16.6 Å². The van der Waals surface area contributed by atoms with Crippen molar-refractivity contribution in [2.45, 2.75) is 4.87 Å². The average Bonchev–Trinajstić information content (AvgIpc) is 2.50. The third kappa shape index (κ3) is 2.04. The SMILES string of the molecule is O=C1Nc2c(ccc(Cl)c2Cl)C(=O)C1(Cl)c1ccccc1. The van der Waals surface area contributed by atoms with Crippen LogP contribution in [0.2, 0.25) is 10.0 Å². The third-order valence-corrected chi connectivity index (χ3v) is 4.74. The van der Waals surface area contributed by atoms with Crippen LogP contribution >= 0.6 is 34.8 Å². The molecule has 0 aliphatic carbocycles. The smallest absolute Gasteiger partial charge is 0.258 e. The maximum absolute atomic E-state index is 12.7. The fraction of sp³-hybridized carbons (Fsp3) is 0.0667. The fourth-order valence-electron chi connectivity index (χ4n) is 2.28. The molecule has 0 aromatic heterocycles. The van der Waals surface area contributed by atoms with Crippen LogP contribution in [0, 0.1) is 0 Å². The minimum Gasteiger partial charge on any atom is -0.322 e. The number of carbonyl (C=O) groups excluding carboxylic acids is 2. The summed E-state index contributed by atoms with van der Waals surface area (Å²) in [7, 11) is 0. The van der Waals surface area contributed by atoms with E-state index in [9.17, 15) is 9.59 Å². The minimum atomic E-state index is -1.80. The Bertz CT molecular complexity index is 761. The van der Waals surface area contributed by atoms with E-state index in [0.717, 1.165) is 0 Å². The minimum absolute atomic E-state index is 0.127. The van der Waals surface area contributed by atoms with Gasteiger partial charge in [-0.2, -0.15) is 0 Å². The highest BCUT2D eigenvalue weighted by atomic mass is 35.5. The summed E-state index contributed by atoms with van der Waals surface area (Å²) >= 11 is 18.3. The lowest BCUT2D eigenvalue weighted by atomic mass is 9.85. The van der Waals surface area contributed by atoms with E-state index >= 15 is 0 Å². The van der Waals surface area contributed by atoms with Crippen molar-refractivity contribution in [3.8, 4) is 0 Å². The maximum atomic E-state index is 12.7. The molecule has 1 heterocycles. The van der Waals surface area contributed by atoms with E-state index in [-0.39, 0.29) is 21.3 Å². The fourth-order valence-corrected chi connectivity index (χ4v) is 2.92. The van der Waals surface area contributed by atoms with E-state index in [1.54, 1.807) is 30.3 Å². The average molecular weight is 341 g/mol. The summed E-state index contributed by atoms with van der Waals surface area (Å²) in [6.45, 7) is 0. The molecule has 1 unspecified atom stereocenters. The molecule has 0 spiro atoms. The van der Waals surface area contributed by atoms with Gasteiger partial charge < -0.3 is 5.32 Å². The molecule has 1 amide bonds. The molecule has 0 radical (unpaired) electrons. The highest BCUT2D eigenvalue weighted by Crippen LogP contribution is 2.44. The second kappa shape index (κ2) is 5.02. The summed E-state index contributed by atoms with van der Waals surface area (Å²) in [6, 6.07) is 11.5. The molecular weight excluding hydrogens is 333 g/mol. The van der Waals surface area contributed by atoms with Crippen LogP contribution in [0.4, 0.5) is 5.69 Å². The van der Waals surface area contributed by atoms with Gasteiger partial charge in [-0.05, 0) is 17.7 Å². The van der Waals surface area contributed by atoms with Crippen LogP contribution < -0.4 is 5.32 Å². The Morgan fingerprint density at radius 3 is 2.29 bits per heavy atom. The number of rotatable bonds is 1. The van der Waals surface area contributed by atoms with E-state index in [1.807, 2.05) is 0 Å². The lowest BCUT2D eigenvalue weighted by Gasteiger charge is -2.31. The molecule has 106 valence electrons.